The summed E-state index contributed by atoms with van der Waals surface area (Å²) < 4.78 is 24.4. The number of nitrogens with two attached hydrogens (primary N) is 3. The van der Waals surface area contributed by atoms with E-state index in [1.807, 2.05) is 0 Å². The lowest BCUT2D eigenvalue weighted by Gasteiger charge is -2.09. The molecule has 1 aromatic rings. The number of rotatable bonds is 2. The molecule has 0 bridgehead atoms. The van der Waals surface area contributed by atoms with Crippen LogP contribution in [0.2, 0.25) is 0 Å². The third-order valence-corrected chi connectivity index (χ3v) is 1.70. The highest BCUT2D eigenvalue weighted by Gasteiger charge is 2.16. The number of pyridine rings is 1. The van der Waals surface area contributed by atoms with Crippen LogP contribution in [0.3, 0.4) is 0 Å². The van der Waals surface area contributed by atoms with E-state index in [0.29, 0.717) is 5.56 Å². The van der Waals surface area contributed by atoms with Gasteiger partial charge in [-0.25, -0.2) is 8.78 Å². The Morgan fingerprint density at radius 1 is 1.31 bits per heavy atom. The Balaban J connectivity index is 3.23. The molecule has 0 aliphatic heterocycles. The van der Waals surface area contributed by atoms with E-state index in [1.54, 1.807) is 0 Å². The van der Waals surface area contributed by atoms with Crippen molar-refractivity contribution in [1.82, 2.24) is 4.98 Å². The number of aromatic nitrogens is 1. The first kappa shape index (κ1) is 9.66. The molecule has 0 aliphatic rings. The van der Waals surface area contributed by atoms with E-state index >= 15 is 0 Å². The minimum atomic E-state index is -2.71. The summed E-state index contributed by atoms with van der Waals surface area (Å²) in [6.45, 7) is 0.131. The van der Waals surface area contributed by atoms with Gasteiger partial charge in [-0.05, 0) is 0 Å². The van der Waals surface area contributed by atoms with E-state index in [9.17, 15) is 8.78 Å². The summed E-state index contributed by atoms with van der Waals surface area (Å²) in [6.07, 6.45) is -1.50. The number of nitrogen functional groups attached to an aromatic ring is 2. The van der Waals surface area contributed by atoms with Gasteiger partial charge in [0.15, 0.2) is 0 Å². The van der Waals surface area contributed by atoms with Crippen molar-refractivity contribution in [3.05, 3.63) is 17.5 Å². The third-order valence-electron chi connectivity index (χ3n) is 1.70. The van der Waals surface area contributed by atoms with Crippen LogP contribution in [0.5, 0.6) is 0 Å². The molecular weight excluding hydrogens is 178 g/mol. The first-order valence-electron chi connectivity index (χ1n) is 3.58. The maximum absolute atomic E-state index is 12.2. The van der Waals surface area contributed by atoms with E-state index in [1.165, 1.54) is 6.20 Å². The molecule has 0 unspecified atom stereocenters. The Morgan fingerprint density at radius 2 is 1.92 bits per heavy atom. The fourth-order valence-electron chi connectivity index (χ4n) is 0.934. The summed E-state index contributed by atoms with van der Waals surface area (Å²) in [6, 6.07) is 0. The molecule has 0 fully saturated rings. The SMILES string of the molecule is NCc1cnc(C(F)F)c(N)c1N. The van der Waals surface area contributed by atoms with Crippen LogP contribution < -0.4 is 17.2 Å². The molecule has 0 saturated carbocycles. The van der Waals surface area contributed by atoms with Gasteiger partial charge in [-0.15, -0.1) is 0 Å². The first-order chi connectivity index (χ1) is 6.07. The zero-order valence-electron chi connectivity index (χ0n) is 6.80. The van der Waals surface area contributed by atoms with Crippen molar-refractivity contribution in [2.24, 2.45) is 5.73 Å². The van der Waals surface area contributed by atoms with Gasteiger partial charge in [-0.1, -0.05) is 0 Å². The smallest absolute Gasteiger partial charge is 0.282 e. The van der Waals surface area contributed by atoms with Crippen molar-refractivity contribution in [2.75, 3.05) is 11.5 Å². The molecule has 0 aliphatic carbocycles. The standard InChI is InChI=1S/C7H10F2N4/c8-7(9)6-5(12)4(11)3(1-10)2-13-6/h2,7H,1,10,12H2,(H2,11,13). The molecule has 1 rings (SSSR count). The third kappa shape index (κ3) is 1.67. The second kappa shape index (κ2) is 3.53. The Bertz CT molecular complexity index is 314. The van der Waals surface area contributed by atoms with E-state index in [0.717, 1.165) is 0 Å². The first-order valence-corrected chi connectivity index (χ1v) is 3.58. The normalized spacial score (nSPS) is 10.8. The van der Waals surface area contributed by atoms with Gasteiger partial charge < -0.3 is 17.2 Å². The minimum absolute atomic E-state index is 0.0906. The molecule has 0 atom stereocenters. The number of nitrogens with zero attached hydrogens (tertiary/aromatic N) is 1. The second-order valence-corrected chi connectivity index (χ2v) is 2.50. The largest absolute Gasteiger partial charge is 0.397 e. The number of anilines is 2. The zero-order chi connectivity index (χ0) is 10.0. The van der Waals surface area contributed by atoms with Crippen LogP contribution in [0.1, 0.15) is 17.7 Å². The fourth-order valence-corrected chi connectivity index (χ4v) is 0.934. The average Bonchev–Trinajstić information content (AvgIpc) is 2.09. The molecule has 1 aromatic heterocycles. The van der Waals surface area contributed by atoms with Crippen LogP contribution in [0.25, 0.3) is 0 Å². The van der Waals surface area contributed by atoms with Crippen molar-refractivity contribution < 1.29 is 8.78 Å². The van der Waals surface area contributed by atoms with Gasteiger partial charge in [-0.3, -0.25) is 4.98 Å². The molecule has 0 aromatic carbocycles. The monoisotopic (exact) mass is 188 g/mol. The van der Waals surface area contributed by atoms with E-state index in [2.05, 4.69) is 4.98 Å². The molecule has 4 nitrogen and oxygen atoms in total. The molecule has 0 amide bonds. The second-order valence-electron chi connectivity index (χ2n) is 2.50. The van der Waals surface area contributed by atoms with Crippen LogP contribution in [0.15, 0.2) is 6.20 Å². The van der Waals surface area contributed by atoms with Gasteiger partial charge >= 0.3 is 0 Å². The van der Waals surface area contributed by atoms with Crippen LogP contribution in [0.4, 0.5) is 20.2 Å². The maximum atomic E-state index is 12.2. The topological polar surface area (TPSA) is 90.9 Å². The van der Waals surface area contributed by atoms with E-state index in [-0.39, 0.29) is 17.9 Å². The number of alkyl halides is 2. The van der Waals surface area contributed by atoms with Gasteiger partial charge in [-0.2, -0.15) is 0 Å². The van der Waals surface area contributed by atoms with Crippen LogP contribution in [-0.4, -0.2) is 4.98 Å². The predicted molar refractivity (Wildman–Crippen MR) is 45.9 cm³/mol. The molecule has 0 spiro atoms. The summed E-state index contributed by atoms with van der Waals surface area (Å²) in [7, 11) is 0. The van der Waals surface area contributed by atoms with Crippen LogP contribution in [0, 0.1) is 0 Å². The highest BCUT2D eigenvalue weighted by atomic mass is 19.3. The van der Waals surface area contributed by atoms with E-state index < -0.39 is 12.1 Å². The van der Waals surface area contributed by atoms with Gasteiger partial charge in [0.1, 0.15) is 5.69 Å². The minimum Gasteiger partial charge on any atom is -0.397 e. The summed E-state index contributed by atoms with van der Waals surface area (Å²) in [5.41, 5.74) is 16.0. The Hall–Kier alpha value is -1.43. The van der Waals surface area contributed by atoms with Crippen molar-refractivity contribution in [2.45, 2.75) is 13.0 Å². The molecule has 0 radical (unpaired) electrons. The van der Waals surface area contributed by atoms with Crippen LogP contribution >= 0.6 is 0 Å². The average molecular weight is 188 g/mol. The summed E-state index contributed by atoms with van der Waals surface area (Å²) in [5, 5.41) is 0. The lowest BCUT2D eigenvalue weighted by Crippen LogP contribution is -2.09. The quantitative estimate of drug-likeness (QED) is 0.635. The summed E-state index contributed by atoms with van der Waals surface area (Å²) in [5.74, 6) is 0. The van der Waals surface area contributed by atoms with E-state index in [4.69, 9.17) is 17.2 Å². The molecule has 1 heterocycles. The predicted octanol–water partition coefficient (Wildman–Crippen LogP) is 0.642. The number of hydrogen-bond acceptors (Lipinski definition) is 4. The fraction of sp³-hybridized carbons (Fsp3) is 0.286. The lowest BCUT2D eigenvalue weighted by atomic mass is 10.2. The number of halogens is 2. The highest BCUT2D eigenvalue weighted by Crippen LogP contribution is 2.28. The summed E-state index contributed by atoms with van der Waals surface area (Å²) in [4.78, 5) is 3.47. The highest BCUT2D eigenvalue weighted by molar-refractivity contribution is 5.69. The van der Waals surface area contributed by atoms with Gasteiger partial charge in [0.2, 0.25) is 0 Å². The van der Waals surface area contributed by atoms with Crippen molar-refractivity contribution in [3.8, 4) is 0 Å². The van der Waals surface area contributed by atoms with Crippen LogP contribution in [-0.2, 0) is 6.54 Å². The number of hydrogen-bond donors (Lipinski definition) is 3. The molecule has 13 heavy (non-hydrogen) atoms. The van der Waals surface area contributed by atoms with Crippen molar-refractivity contribution in [3.63, 3.8) is 0 Å². The van der Waals surface area contributed by atoms with Gasteiger partial charge in [0, 0.05) is 18.3 Å². The lowest BCUT2D eigenvalue weighted by molar-refractivity contribution is 0.147. The van der Waals surface area contributed by atoms with Crippen molar-refractivity contribution in [1.29, 1.82) is 0 Å². The van der Waals surface area contributed by atoms with Crippen molar-refractivity contribution >= 4 is 11.4 Å². The molecule has 0 saturated heterocycles. The van der Waals surface area contributed by atoms with Gasteiger partial charge in [0.25, 0.3) is 6.43 Å². The molecule has 72 valence electrons. The molecule has 6 heteroatoms. The Labute approximate surface area is 73.7 Å². The molecule has 6 N–H and O–H groups in total. The molecular formula is C7H10F2N4. The van der Waals surface area contributed by atoms with Gasteiger partial charge in [0.05, 0.1) is 11.4 Å². The zero-order valence-corrected chi connectivity index (χ0v) is 6.80. The Kier molecular flexibility index (Phi) is 2.62. The maximum Gasteiger partial charge on any atom is 0.282 e. The summed E-state index contributed by atoms with van der Waals surface area (Å²) >= 11 is 0. The Morgan fingerprint density at radius 3 is 2.38 bits per heavy atom.